The first-order valence-corrected chi connectivity index (χ1v) is 8.64. The van der Waals surface area contributed by atoms with Gasteiger partial charge in [0.15, 0.2) is 0 Å². The van der Waals surface area contributed by atoms with Crippen LogP contribution in [0.4, 0.5) is 0 Å². The van der Waals surface area contributed by atoms with E-state index in [0.29, 0.717) is 6.42 Å². The molecule has 5 heteroatoms. The van der Waals surface area contributed by atoms with E-state index in [1.54, 1.807) is 0 Å². The van der Waals surface area contributed by atoms with Crippen LogP contribution in [0.3, 0.4) is 0 Å². The highest BCUT2D eigenvalue weighted by molar-refractivity contribution is 9.09. The Morgan fingerprint density at radius 1 is 0.857 bits per heavy atom. The van der Waals surface area contributed by atoms with E-state index in [4.69, 9.17) is 10.7 Å². The second-order valence-electron chi connectivity index (χ2n) is 3.41. The second kappa shape index (κ2) is 8.98. The summed E-state index contributed by atoms with van der Waals surface area (Å²) in [6.07, 6.45) is 7.74. The molecule has 86 valence electrons. The van der Waals surface area contributed by atoms with Gasteiger partial charge in [0.25, 0.3) is 0 Å². The SMILES string of the molecule is O=S(=O)(Cl)CCCCCCCCCBr. The van der Waals surface area contributed by atoms with Crippen LogP contribution in [0.1, 0.15) is 44.9 Å². The average Bonchev–Trinajstić information content (AvgIpc) is 2.08. The standard InChI is InChI=1S/C9H18BrClO2S/c10-8-6-4-2-1-3-5-7-9-14(11,12)13/h1-9H2. The number of hydrogen-bond acceptors (Lipinski definition) is 2. The van der Waals surface area contributed by atoms with Crippen LogP contribution in [-0.2, 0) is 9.05 Å². The van der Waals surface area contributed by atoms with Gasteiger partial charge in [-0.2, -0.15) is 0 Å². The van der Waals surface area contributed by atoms with Crippen molar-refractivity contribution < 1.29 is 8.42 Å². The van der Waals surface area contributed by atoms with Gasteiger partial charge < -0.3 is 0 Å². The van der Waals surface area contributed by atoms with Crippen molar-refractivity contribution in [3.05, 3.63) is 0 Å². The second-order valence-corrected chi connectivity index (χ2v) is 7.10. The van der Waals surface area contributed by atoms with Gasteiger partial charge >= 0.3 is 0 Å². The summed E-state index contributed by atoms with van der Waals surface area (Å²) in [6, 6.07) is 0. The van der Waals surface area contributed by atoms with Crippen molar-refractivity contribution in [2.24, 2.45) is 0 Å². The Kier molecular flexibility index (Phi) is 9.45. The van der Waals surface area contributed by atoms with E-state index in [2.05, 4.69) is 15.9 Å². The number of unbranched alkanes of at least 4 members (excludes halogenated alkanes) is 6. The zero-order chi connectivity index (χ0) is 10.9. The average molecular weight is 306 g/mol. The van der Waals surface area contributed by atoms with E-state index in [1.165, 1.54) is 25.7 Å². The first-order chi connectivity index (χ1) is 6.56. The van der Waals surface area contributed by atoms with Crippen LogP contribution in [0.2, 0.25) is 0 Å². The number of rotatable bonds is 9. The van der Waals surface area contributed by atoms with E-state index in [9.17, 15) is 8.42 Å². The van der Waals surface area contributed by atoms with Crippen LogP contribution in [0, 0.1) is 0 Å². The van der Waals surface area contributed by atoms with Gasteiger partial charge in [0, 0.05) is 16.0 Å². The van der Waals surface area contributed by atoms with Crippen LogP contribution in [0.25, 0.3) is 0 Å². The third kappa shape index (κ3) is 12.7. The fourth-order valence-corrected chi connectivity index (χ4v) is 2.53. The van der Waals surface area contributed by atoms with Crippen LogP contribution in [0.5, 0.6) is 0 Å². The Morgan fingerprint density at radius 3 is 1.71 bits per heavy atom. The number of hydrogen-bond donors (Lipinski definition) is 0. The van der Waals surface area contributed by atoms with Gasteiger partial charge in [0.1, 0.15) is 0 Å². The summed E-state index contributed by atoms with van der Waals surface area (Å²) in [6.45, 7) is 0. The van der Waals surface area contributed by atoms with Gasteiger partial charge in [-0.05, 0) is 12.8 Å². The lowest BCUT2D eigenvalue weighted by Crippen LogP contribution is -1.96. The largest absolute Gasteiger partial charge is 0.232 e. The predicted octanol–water partition coefficient (Wildman–Crippen LogP) is 3.68. The van der Waals surface area contributed by atoms with Crippen molar-refractivity contribution in [2.75, 3.05) is 11.1 Å². The van der Waals surface area contributed by atoms with Gasteiger partial charge in [-0.1, -0.05) is 48.0 Å². The predicted molar refractivity (Wildman–Crippen MR) is 65.8 cm³/mol. The molecular formula is C9H18BrClO2S. The van der Waals surface area contributed by atoms with Crippen molar-refractivity contribution in [3.8, 4) is 0 Å². The molecule has 0 bridgehead atoms. The van der Waals surface area contributed by atoms with Crippen LogP contribution < -0.4 is 0 Å². The van der Waals surface area contributed by atoms with E-state index >= 15 is 0 Å². The fourth-order valence-electron chi connectivity index (χ4n) is 1.25. The maximum atomic E-state index is 10.6. The quantitative estimate of drug-likeness (QED) is 0.370. The zero-order valence-corrected chi connectivity index (χ0v) is 11.5. The molecule has 0 fully saturated rings. The highest BCUT2D eigenvalue weighted by atomic mass is 79.9. The summed E-state index contributed by atoms with van der Waals surface area (Å²) in [7, 11) is 1.82. The molecule has 0 radical (unpaired) electrons. The first kappa shape index (κ1) is 14.7. The van der Waals surface area contributed by atoms with Crippen molar-refractivity contribution in [3.63, 3.8) is 0 Å². The maximum Gasteiger partial charge on any atom is 0.232 e. The molecule has 0 aromatic heterocycles. The number of halogens is 2. The van der Waals surface area contributed by atoms with E-state index < -0.39 is 9.05 Å². The lowest BCUT2D eigenvalue weighted by molar-refractivity contribution is 0.588. The molecule has 0 aromatic carbocycles. The Bertz CT molecular complexity index is 217. The molecule has 0 N–H and O–H groups in total. The molecule has 0 aliphatic rings. The van der Waals surface area contributed by atoms with Crippen LogP contribution >= 0.6 is 26.6 Å². The Hall–Kier alpha value is 0.720. The minimum absolute atomic E-state index is 0.121. The topological polar surface area (TPSA) is 34.1 Å². The molecule has 14 heavy (non-hydrogen) atoms. The van der Waals surface area contributed by atoms with Crippen molar-refractivity contribution >= 4 is 35.7 Å². The van der Waals surface area contributed by atoms with E-state index in [-0.39, 0.29) is 5.75 Å². The molecule has 2 nitrogen and oxygen atoms in total. The van der Waals surface area contributed by atoms with Crippen molar-refractivity contribution in [1.82, 2.24) is 0 Å². The van der Waals surface area contributed by atoms with Crippen LogP contribution in [0.15, 0.2) is 0 Å². The molecule has 0 spiro atoms. The highest BCUT2D eigenvalue weighted by Crippen LogP contribution is 2.09. The van der Waals surface area contributed by atoms with Gasteiger partial charge in [-0.3, -0.25) is 0 Å². The smallest absolute Gasteiger partial charge is 0.212 e. The summed E-state index contributed by atoms with van der Waals surface area (Å²) < 4.78 is 21.1. The molecule has 0 aromatic rings. The Balaban J connectivity index is 3.07. The lowest BCUT2D eigenvalue weighted by atomic mass is 10.1. The highest BCUT2D eigenvalue weighted by Gasteiger charge is 2.03. The minimum atomic E-state index is -3.26. The Labute approximate surface area is 100.0 Å². The van der Waals surface area contributed by atoms with E-state index in [1.807, 2.05) is 0 Å². The summed E-state index contributed by atoms with van der Waals surface area (Å²) in [5.74, 6) is 0.121. The third-order valence-corrected chi connectivity index (χ3v) is 3.82. The summed E-state index contributed by atoms with van der Waals surface area (Å²) in [4.78, 5) is 0. The molecule has 0 saturated heterocycles. The van der Waals surface area contributed by atoms with Crippen molar-refractivity contribution in [1.29, 1.82) is 0 Å². The van der Waals surface area contributed by atoms with Gasteiger partial charge in [0.2, 0.25) is 9.05 Å². The Morgan fingerprint density at radius 2 is 1.29 bits per heavy atom. The molecule has 0 heterocycles. The molecule has 0 saturated carbocycles. The lowest BCUT2D eigenvalue weighted by Gasteiger charge is -1.99. The summed E-state index contributed by atoms with van der Waals surface area (Å²) in [5.41, 5.74) is 0. The summed E-state index contributed by atoms with van der Waals surface area (Å²) >= 11 is 3.38. The van der Waals surface area contributed by atoms with Gasteiger partial charge in [-0.15, -0.1) is 0 Å². The van der Waals surface area contributed by atoms with Gasteiger partial charge in [-0.25, -0.2) is 8.42 Å². The third-order valence-electron chi connectivity index (χ3n) is 2.02. The molecule has 0 unspecified atom stereocenters. The molecular weight excluding hydrogens is 288 g/mol. The normalized spacial score (nSPS) is 11.9. The number of alkyl halides is 1. The molecule has 0 aliphatic heterocycles. The zero-order valence-electron chi connectivity index (χ0n) is 8.34. The fraction of sp³-hybridized carbons (Fsp3) is 1.00. The molecule has 0 amide bonds. The van der Waals surface area contributed by atoms with Crippen molar-refractivity contribution in [2.45, 2.75) is 44.9 Å². The van der Waals surface area contributed by atoms with Gasteiger partial charge in [0.05, 0.1) is 5.75 Å². The monoisotopic (exact) mass is 304 g/mol. The maximum absolute atomic E-state index is 10.6. The summed E-state index contributed by atoms with van der Waals surface area (Å²) in [5, 5.41) is 1.08. The van der Waals surface area contributed by atoms with Crippen LogP contribution in [-0.4, -0.2) is 19.5 Å². The first-order valence-electron chi connectivity index (χ1n) is 5.04. The molecule has 0 rings (SSSR count). The molecule has 0 atom stereocenters. The van der Waals surface area contributed by atoms with E-state index in [0.717, 1.165) is 18.2 Å². The minimum Gasteiger partial charge on any atom is -0.212 e. The molecule has 0 aliphatic carbocycles.